The van der Waals surface area contributed by atoms with Crippen molar-refractivity contribution >= 4 is 17.6 Å². The molecule has 1 amide bonds. The number of carbonyl (C=O) groups is 2. The highest BCUT2D eigenvalue weighted by atomic mass is 16.5. The van der Waals surface area contributed by atoms with Gasteiger partial charge in [0.15, 0.2) is 0 Å². The van der Waals surface area contributed by atoms with Crippen molar-refractivity contribution in [3.05, 3.63) is 83.7 Å². The number of ether oxygens (including phenoxy) is 1. The molecular formula is C24H27N5O4. The van der Waals surface area contributed by atoms with Gasteiger partial charge in [-0.15, -0.1) is 0 Å². The first kappa shape index (κ1) is 23.6. The van der Waals surface area contributed by atoms with Crippen molar-refractivity contribution in [1.82, 2.24) is 10.2 Å². The molecule has 1 fully saturated rings. The molecule has 3 rings (SSSR count). The molecule has 33 heavy (non-hydrogen) atoms. The number of para-hydroxylation sites is 1. The lowest BCUT2D eigenvalue weighted by Crippen LogP contribution is -2.38. The van der Waals surface area contributed by atoms with E-state index in [2.05, 4.69) is 10.2 Å². The van der Waals surface area contributed by atoms with E-state index in [0.717, 1.165) is 19.0 Å². The molecular weight excluding hydrogens is 422 g/mol. The maximum atomic E-state index is 12.1. The Morgan fingerprint density at radius 3 is 2.42 bits per heavy atom. The SMILES string of the molecule is N=C(/C(C(N)=O)=C(/N)NC1CCN(C/C=C/C(=O)O)C1)c1ccc(Oc2ccccc2)cc1. The molecule has 0 radical (unpaired) electrons. The van der Waals surface area contributed by atoms with Crippen molar-refractivity contribution in [3.63, 3.8) is 0 Å². The molecule has 172 valence electrons. The fraction of sp³-hybridized carbons (Fsp3) is 0.208. The summed E-state index contributed by atoms with van der Waals surface area (Å²) in [6.07, 6.45) is 3.45. The average molecular weight is 450 g/mol. The van der Waals surface area contributed by atoms with Gasteiger partial charge in [0, 0.05) is 37.3 Å². The Morgan fingerprint density at radius 2 is 1.79 bits per heavy atom. The van der Waals surface area contributed by atoms with E-state index < -0.39 is 11.9 Å². The van der Waals surface area contributed by atoms with Crippen LogP contribution in [0.2, 0.25) is 0 Å². The molecule has 0 saturated carbocycles. The molecule has 1 heterocycles. The number of carboxylic acids is 1. The maximum absolute atomic E-state index is 12.1. The number of nitrogens with zero attached hydrogens (tertiary/aromatic N) is 1. The highest BCUT2D eigenvalue weighted by Gasteiger charge is 2.24. The van der Waals surface area contributed by atoms with Gasteiger partial charge in [-0.2, -0.15) is 0 Å². The minimum Gasteiger partial charge on any atom is -0.478 e. The number of amides is 1. The summed E-state index contributed by atoms with van der Waals surface area (Å²) in [6, 6.07) is 16.0. The van der Waals surface area contributed by atoms with Gasteiger partial charge in [-0.1, -0.05) is 24.3 Å². The summed E-state index contributed by atoms with van der Waals surface area (Å²) < 4.78 is 5.76. The van der Waals surface area contributed by atoms with Gasteiger partial charge in [0.05, 0.1) is 5.71 Å². The van der Waals surface area contributed by atoms with Crippen LogP contribution in [-0.4, -0.2) is 53.3 Å². The van der Waals surface area contributed by atoms with Gasteiger partial charge in [0.2, 0.25) is 0 Å². The number of primary amides is 1. The third-order valence-corrected chi connectivity index (χ3v) is 5.14. The predicted molar refractivity (Wildman–Crippen MR) is 125 cm³/mol. The van der Waals surface area contributed by atoms with E-state index in [4.69, 9.17) is 26.7 Å². The Bertz CT molecular complexity index is 1060. The van der Waals surface area contributed by atoms with Gasteiger partial charge < -0.3 is 26.6 Å². The second kappa shape index (κ2) is 11.0. The minimum atomic E-state index is -0.986. The van der Waals surface area contributed by atoms with Crippen molar-refractivity contribution in [2.24, 2.45) is 11.5 Å². The standard InChI is InChI=1S/C24H27N5O4/c25-22(16-8-10-19(11-9-16)33-18-5-2-1-3-6-18)21(24(27)32)23(26)28-17-12-14-29(15-17)13-4-7-20(30)31/h1-11,17,25,28H,12-15,26H2,(H2,27,32)(H,30,31)/b7-4+,23-21+,25-22?. The molecule has 1 atom stereocenters. The third kappa shape index (κ3) is 6.68. The second-order valence-electron chi connectivity index (χ2n) is 7.60. The molecule has 7 N–H and O–H groups in total. The van der Waals surface area contributed by atoms with E-state index in [1.54, 1.807) is 30.3 Å². The zero-order valence-electron chi connectivity index (χ0n) is 18.0. The topological polar surface area (TPSA) is 155 Å². The van der Waals surface area contributed by atoms with Crippen LogP contribution in [0.1, 0.15) is 12.0 Å². The van der Waals surface area contributed by atoms with Gasteiger partial charge in [-0.05, 0) is 42.8 Å². The van der Waals surface area contributed by atoms with Crippen LogP contribution in [0, 0.1) is 5.41 Å². The van der Waals surface area contributed by atoms with Crippen molar-refractivity contribution in [2.75, 3.05) is 19.6 Å². The van der Waals surface area contributed by atoms with E-state index in [1.807, 2.05) is 30.3 Å². The van der Waals surface area contributed by atoms with Gasteiger partial charge in [-0.3, -0.25) is 15.1 Å². The molecule has 1 unspecified atom stereocenters. The highest BCUT2D eigenvalue weighted by Crippen LogP contribution is 2.22. The van der Waals surface area contributed by atoms with Crippen LogP contribution >= 0.6 is 0 Å². The van der Waals surface area contributed by atoms with Crippen LogP contribution in [0.25, 0.3) is 0 Å². The summed E-state index contributed by atoms with van der Waals surface area (Å²) in [4.78, 5) is 24.8. The summed E-state index contributed by atoms with van der Waals surface area (Å²) in [5.74, 6) is -0.453. The third-order valence-electron chi connectivity index (χ3n) is 5.14. The summed E-state index contributed by atoms with van der Waals surface area (Å²) in [7, 11) is 0. The maximum Gasteiger partial charge on any atom is 0.328 e. The van der Waals surface area contributed by atoms with Crippen LogP contribution in [0.3, 0.4) is 0 Å². The number of nitrogens with two attached hydrogens (primary N) is 2. The van der Waals surface area contributed by atoms with E-state index in [9.17, 15) is 9.59 Å². The Hall–Kier alpha value is -4.11. The zero-order chi connectivity index (χ0) is 23.8. The van der Waals surface area contributed by atoms with Gasteiger partial charge in [0.25, 0.3) is 5.91 Å². The quantitative estimate of drug-likeness (QED) is 0.274. The lowest BCUT2D eigenvalue weighted by atomic mass is 10.0. The molecule has 9 heteroatoms. The minimum absolute atomic E-state index is 0.0463. The molecule has 1 saturated heterocycles. The molecule has 0 aromatic heterocycles. The monoisotopic (exact) mass is 449 g/mol. The van der Waals surface area contributed by atoms with Crippen molar-refractivity contribution < 1.29 is 19.4 Å². The molecule has 9 nitrogen and oxygen atoms in total. The summed E-state index contributed by atoms with van der Waals surface area (Å²) in [5, 5.41) is 20.3. The van der Waals surface area contributed by atoms with Crippen molar-refractivity contribution in [2.45, 2.75) is 12.5 Å². The molecule has 1 aliphatic rings. The van der Waals surface area contributed by atoms with Gasteiger partial charge in [-0.25, -0.2) is 4.79 Å². The van der Waals surface area contributed by atoms with E-state index in [-0.39, 0.29) is 23.1 Å². The first-order valence-corrected chi connectivity index (χ1v) is 10.4. The van der Waals surface area contributed by atoms with E-state index in [0.29, 0.717) is 30.2 Å². The zero-order valence-corrected chi connectivity index (χ0v) is 18.0. The number of rotatable bonds is 10. The summed E-state index contributed by atoms with van der Waals surface area (Å²) in [6.45, 7) is 1.88. The fourth-order valence-corrected chi connectivity index (χ4v) is 3.56. The number of carbonyl (C=O) groups excluding carboxylic acids is 1. The number of benzene rings is 2. The average Bonchev–Trinajstić information content (AvgIpc) is 3.21. The summed E-state index contributed by atoms with van der Waals surface area (Å²) in [5.41, 5.74) is 12.0. The van der Waals surface area contributed by atoms with Crippen LogP contribution in [-0.2, 0) is 9.59 Å². The predicted octanol–water partition coefficient (Wildman–Crippen LogP) is 1.81. The molecule has 2 aromatic rings. The number of likely N-dealkylation sites (tertiary alicyclic amines) is 1. The van der Waals surface area contributed by atoms with Crippen LogP contribution in [0.15, 0.2) is 78.1 Å². The highest BCUT2D eigenvalue weighted by molar-refractivity contribution is 6.26. The lowest BCUT2D eigenvalue weighted by Gasteiger charge is -2.18. The molecule has 1 aliphatic heterocycles. The lowest BCUT2D eigenvalue weighted by molar-refractivity contribution is -0.131. The second-order valence-corrected chi connectivity index (χ2v) is 7.60. The molecule has 0 bridgehead atoms. The van der Waals surface area contributed by atoms with Crippen molar-refractivity contribution in [1.29, 1.82) is 5.41 Å². The fourth-order valence-electron chi connectivity index (χ4n) is 3.56. The van der Waals surface area contributed by atoms with Gasteiger partial charge >= 0.3 is 5.97 Å². The Balaban J connectivity index is 1.66. The van der Waals surface area contributed by atoms with Crippen LogP contribution in [0.4, 0.5) is 0 Å². The first-order chi connectivity index (χ1) is 15.8. The Kier molecular flexibility index (Phi) is 7.82. The molecule has 0 spiro atoms. The number of carboxylic acid groups (broad SMARTS) is 1. The first-order valence-electron chi connectivity index (χ1n) is 10.4. The number of aliphatic carboxylic acids is 1. The summed E-state index contributed by atoms with van der Waals surface area (Å²) >= 11 is 0. The molecule has 0 aliphatic carbocycles. The van der Waals surface area contributed by atoms with Gasteiger partial charge in [0.1, 0.15) is 22.9 Å². The van der Waals surface area contributed by atoms with Crippen LogP contribution in [0.5, 0.6) is 11.5 Å². The smallest absolute Gasteiger partial charge is 0.328 e. The van der Waals surface area contributed by atoms with Crippen LogP contribution < -0.4 is 21.5 Å². The molecule has 2 aromatic carbocycles. The Labute approximate surface area is 191 Å². The Morgan fingerprint density at radius 1 is 1.12 bits per heavy atom. The van der Waals surface area contributed by atoms with Crippen molar-refractivity contribution in [3.8, 4) is 11.5 Å². The number of nitrogens with one attached hydrogen (secondary N) is 2. The van der Waals surface area contributed by atoms with E-state index >= 15 is 0 Å². The number of hydrogen-bond acceptors (Lipinski definition) is 7. The normalized spacial score (nSPS) is 16.9. The largest absolute Gasteiger partial charge is 0.478 e. The van der Waals surface area contributed by atoms with E-state index in [1.165, 1.54) is 0 Å². The number of hydrogen-bond donors (Lipinski definition) is 5.